The van der Waals surface area contributed by atoms with Gasteiger partial charge in [-0.15, -0.1) is 0 Å². The number of halogens is 3. The number of rotatable bonds is 2. The quantitative estimate of drug-likeness (QED) is 0.902. The van der Waals surface area contributed by atoms with Gasteiger partial charge in [0.1, 0.15) is 0 Å². The molecule has 4 nitrogen and oxygen atoms in total. The molecule has 1 aliphatic carbocycles. The molecule has 1 aromatic heterocycles. The van der Waals surface area contributed by atoms with Gasteiger partial charge in [0.25, 0.3) is 5.91 Å². The predicted octanol–water partition coefficient (Wildman–Crippen LogP) is 2.69. The number of amides is 1. The first-order chi connectivity index (χ1) is 8.86. The van der Waals surface area contributed by atoms with Crippen molar-refractivity contribution in [1.29, 1.82) is 0 Å². The van der Waals surface area contributed by atoms with Crippen molar-refractivity contribution in [2.45, 2.75) is 44.8 Å². The summed E-state index contributed by atoms with van der Waals surface area (Å²) in [6.07, 6.45) is -1.02. The van der Waals surface area contributed by atoms with Crippen molar-refractivity contribution in [2.75, 3.05) is 7.05 Å². The van der Waals surface area contributed by atoms with Crippen LogP contribution in [0.3, 0.4) is 0 Å². The van der Waals surface area contributed by atoms with E-state index in [1.165, 1.54) is 18.7 Å². The predicted molar refractivity (Wildman–Crippen MR) is 62.9 cm³/mol. The summed E-state index contributed by atoms with van der Waals surface area (Å²) in [6.45, 7) is 1.52. The topological polar surface area (TPSA) is 46.9 Å². The number of alkyl halides is 3. The minimum atomic E-state index is -4.61. The molecule has 1 fully saturated rings. The molecular weight excluding hydrogens is 259 g/mol. The van der Waals surface area contributed by atoms with E-state index in [0.29, 0.717) is 5.69 Å². The van der Waals surface area contributed by atoms with Crippen LogP contribution in [-0.2, 0) is 6.18 Å². The molecule has 0 atom stereocenters. The molecule has 1 aliphatic rings. The van der Waals surface area contributed by atoms with E-state index in [1.807, 2.05) is 0 Å². The van der Waals surface area contributed by atoms with E-state index < -0.39 is 17.8 Å². The normalized spacial score (nSPS) is 16.9. The molecule has 1 amide bonds. The van der Waals surface area contributed by atoms with Crippen molar-refractivity contribution in [1.82, 2.24) is 15.1 Å². The monoisotopic (exact) mass is 275 g/mol. The average molecular weight is 275 g/mol. The lowest BCUT2D eigenvalue weighted by molar-refractivity contribution is -0.141. The van der Waals surface area contributed by atoms with E-state index in [9.17, 15) is 18.0 Å². The fourth-order valence-corrected chi connectivity index (χ4v) is 2.62. The van der Waals surface area contributed by atoms with Gasteiger partial charge in [0, 0.05) is 12.7 Å². The molecule has 1 heterocycles. The molecule has 106 valence electrons. The number of carbonyl (C=O) groups excluding carboxylic acids is 1. The molecule has 1 saturated carbocycles. The van der Waals surface area contributed by atoms with E-state index in [2.05, 4.69) is 10.4 Å². The number of nitrogens with one attached hydrogen (secondary N) is 1. The van der Waals surface area contributed by atoms with Crippen LogP contribution in [0, 0.1) is 6.92 Å². The fourth-order valence-electron chi connectivity index (χ4n) is 2.62. The van der Waals surface area contributed by atoms with Crippen LogP contribution < -0.4 is 5.32 Å². The van der Waals surface area contributed by atoms with Gasteiger partial charge in [0.2, 0.25) is 0 Å². The second-order valence-corrected chi connectivity index (χ2v) is 4.77. The summed E-state index contributed by atoms with van der Waals surface area (Å²) in [5, 5.41) is 5.91. The summed E-state index contributed by atoms with van der Waals surface area (Å²) < 4.78 is 40.3. The highest BCUT2D eigenvalue weighted by molar-refractivity contribution is 5.96. The van der Waals surface area contributed by atoms with Crippen LogP contribution in [0.1, 0.15) is 53.5 Å². The fraction of sp³-hybridized carbons (Fsp3) is 0.667. The molecule has 0 saturated heterocycles. The number of hydrogen-bond acceptors (Lipinski definition) is 2. The Kier molecular flexibility index (Phi) is 3.56. The lowest BCUT2D eigenvalue weighted by Gasteiger charge is -2.12. The van der Waals surface area contributed by atoms with Crippen molar-refractivity contribution >= 4 is 5.91 Å². The molecule has 0 spiro atoms. The van der Waals surface area contributed by atoms with Gasteiger partial charge in [-0.2, -0.15) is 18.3 Å². The summed E-state index contributed by atoms with van der Waals surface area (Å²) in [5.74, 6) is -0.742. The van der Waals surface area contributed by atoms with Crippen LogP contribution in [0.4, 0.5) is 13.2 Å². The SMILES string of the molecule is CNC(=O)c1c(C(F)(F)F)nn(C2CCCC2)c1C. The van der Waals surface area contributed by atoms with Gasteiger partial charge in [-0.25, -0.2) is 0 Å². The maximum Gasteiger partial charge on any atom is 0.435 e. The highest BCUT2D eigenvalue weighted by Crippen LogP contribution is 2.36. The third-order valence-corrected chi connectivity index (χ3v) is 3.54. The van der Waals surface area contributed by atoms with E-state index in [1.54, 1.807) is 0 Å². The Labute approximate surface area is 109 Å². The Morgan fingerprint density at radius 2 is 1.95 bits per heavy atom. The first kappa shape index (κ1) is 13.9. The molecular formula is C12H16F3N3O. The van der Waals surface area contributed by atoms with E-state index in [-0.39, 0.29) is 11.6 Å². The Balaban J connectivity index is 2.53. The van der Waals surface area contributed by atoms with Gasteiger partial charge in [-0.05, 0) is 19.8 Å². The molecule has 1 aromatic rings. The van der Waals surface area contributed by atoms with Gasteiger partial charge in [-0.1, -0.05) is 12.8 Å². The molecule has 2 rings (SSSR count). The molecule has 0 aromatic carbocycles. The smallest absolute Gasteiger partial charge is 0.355 e. The van der Waals surface area contributed by atoms with Gasteiger partial charge in [0.05, 0.1) is 11.6 Å². The van der Waals surface area contributed by atoms with Crippen LogP contribution in [0.5, 0.6) is 0 Å². The highest BCUT2D eigenvalue weighted by atomic mass is 19.4. The molecule has 19 heavy (non-hydrogen) atoms. The molecule has 1 N–H and O–H groups in total. The standard InChI is InChI=1S/C12H16F3N3O/c1-7-9(11(19)16-2)10(12(13,14)15)17-18(7)8-5-3-4-6-8/h8H,3-6H2,1-2H3,(H,16,19). The van der Waals surface area contributed by atoms with Crippen LogP contribution in [0.15, 0.2) is 0 Å². The minimum absolute atomic E-state index is 0.0282. The number of hydrogen-bond donors (Lipinski definition) is 1. The van der Waals surface area contributed by atoms with Gasteiger partial charge >= 0.3 is 6.18 Å². The second kappa shape index (κ2) is 4.86. The number of carbonyl (C=O) groups is 1. The lowest BCUT2D eigenvalue weighted by atomic mass is 10.1. The lowest BCUT2D eigenvalue weighted by Crippen LogP contribution is -2.22. The van der Waals surface area contributed by atoms with E-state index >= 15 is 0 Å². The molecule has 0 radical (unpaired) electrons. The zero-order valence-corrected chi connectivity index (χ0v) is 10.8. The highest BCUT2D eigenvalue weighted by Gasteiger charge is 2.41. The zero-order chi connectivity index (χ0) is 14.2. The van der Waals surface area contributed by atoms with Crippen LogP contribution in [-0.4, -0.2) is 22.7 Å². The summed E-state index contributed by atoms with van der Waals surface area (Å²) in [7, 11) is 1.31. The summed E-state index contributed by atoms with van der Waals surface area (Å²) in [5.41, 5.74) is -1.16. The van der Waals surface area contributed by atoms with Crippen LogP contribution >= 0.6 is 0 Å². The Morgan fingerprint density at radius 3 is 2.42 bits per heavy atom. The first-order valence-corrected chi connectivity index (χ1v) is 6.24. The summed E-state index contributed by atoms with van der Waals surface area (Å²) in [4.78, 5) is 11.7. The van der Waals surface area contributed by atoms with Crippen molar-refractivity contribution in [3.05, 3.63) is 17.0 Å². The third-order valence-electron chi connectivity index (χ3n) is 3.54. The summed E-state index contributed by atoms with van der Waals surface area (Å²) >= 11 is 0. The van der Waals surface area contributed by atoms with Gasteiger partial charge < -0.3 is 5.32 Å². The summed E-state index contributed by atoms with van der Waals surface area (Å²) in [6, 6.07) is -0.0282. The molecule has 0 bridgehead atoms. The van der Waals surface area contributed by atoms with E-state index in [4.69, 9.17) is 0 Å². The van der Waals surface area contributed by atoms with Crippen molar-refractivity contribution in [3.63, 3.8) is 0 Å². The van der Waals surface area contributed by atoms with Gasteiger partial charge in [-0.3, -0.25) is 9.48 Å². The second-order valence-electron chi connectivity index (χ2n) is 4.77. The van der Waals surface area contributed by atoms with Crippen LogP contribution in [0.2, 0.25) is 0 Å². The van der Waals surface area contributed by atoms with Gasteiger partial charge in [0.15, 0.2) is 5.69 Å². The zero-order valence-electron chi connectivity index (χ0n) is 10.8. The van der Waals surface area contributed by atoms with Crippen molar-refractivity contribution in [3.8, 4) is 0 Å². The maximum atomic E-state index is 13.0. The Hall–Kier alpha value is -1.53. The number of nitrogens with zero attached hydrogens (tertiary/aromatic N) is 2. The molecule has 0 aliphatic heterocycles. The third kappa shape index (κ3) is 2.46. The Morgan fingerprint density at radius 1 is 1.37 bits per heavy atom. The van der Waals surface area contributed by atoms with Crippen molar-refractivity contribution in [2.24, 2.45) is 0 Å². The Bertz CT molecular complexity index is 487. The van der Waals surface area contributed by atoms with Crippen LogP contribution in [0.25, 0.3) is 0 Å². The van der Waals surface area contributed by atoms with Crippen molar-refractivity contribution < 1.29 is 18.0 Å². The maximum absolute atomic E-state index is 13.0. The molecule has 7 heteroatoms. The average Bonchev–Trinajstić information content (AvgIpc) is 2.94. The molecule has 0 unspecified atom stereocenters. The van der Waals surface area contributed by atoms with E-state index in [0.717, 1.165) is 25.7 Å². The number of aromatic nitrogens is 2. The largest absolute Gasteiger partial charge is 0.435 e. The first-order valence-electron chi connectivity index (χ1n) is 6.24. The minimum Gasteiger partial charge on any atom is -0.355 e.